The molecule has 0 fully saturated rings. The highest BCUT2D eigenvalue weighted by Crippen LogP contribution is 2.25. The molecule has 0 saturated carbocycles. The van der Waals surface area contributed by atoms with Crippen molar-refractivity contribution >= 4 is 17.4 Å². The van der Waals surface area contributed by atoms with Crippen LogP contribution in [-0.4, -0.2) is 71.3 Å². The van der Waals surface area contributed by atoms with Gasteiger partial charge in [-0.3, -0.25) is 10.1 Å². The van der Waals surface area contributed by atoms with E-state index in [1.54, 1.807) is 0 Å². The summed E-state index contributed by atoms with van der Waals surface area (Å²) in [6, 6.07) is 4.67. The minimum atomic E-state index is -4.83. The number of hydrogen-bond donors (Lipinski definition) is 3. The molecule has 2 aromatic rings. The van der Waals surface area contributed by atoms with E-state index in [0.717, 1.165) is 62.9 Å². The first-order chi connectivity index (χ1) is 18.2. The second kappa shape index (κ2) is 14.2. The maximum Gasteiger partial charge on any atom is 0.485 e. The molecule has 0 amide bonds. The Morgan fingerprint density at radius 2 is 2.08 bits per heavy atom. The first-order valence-corrected chi connectivity index (χ1v) is 13.2. The normalized spacial score (nSPS) is 14.2. The number of aromatic nitrogens is 3. The molecule has 3 rings (SSSR count). The molecule has 38 heavy (non-hydrogen) atoms. The Labute approximate surface area is 221 Å². The van der Waals surface area contributed by atoms with Gasteiger partial charge in [0.2, 0.25) is 0 Å². The van der Waals surface area contributed by atoms with Crippen molar-refractivity contribution in [2.45, 2.75) is 64.6 Å². The lowest BCUT2D eigenvalue weighted by Crippen LogP contribution is -2.46. The van der Waals surface area contributed by atoms with E-state index in [2.05, 4.69) is 32.7 Å². The standard InChI is InChI=1S/C26H37F3N6O3/c1-3-38-18-17-34(15-5-4-8-21-10-9-20-7-6-13-30-24(20)32-21)16-12-22(19(2)36)33-23-11-14-31-25(35(23)37)26(27,28)29/h9-11,14,22,37H,3-8,12-13,15-18H2,1-2H3,(H,30,32)/p+1/t22-/m0/s1. The molecule has 2 aromatic heterocycles. The molecule has 1 aliphatic rings. The average Bonchev–Trinajstić information content (AvgIpc) is 2.88. The molecule has 3 heterocycles. The van der Waals surface area contributed by atoms with Gasteiger partial charge in [-0.1, -0.05) is 6.07 Å². The molecule has 0 saturated heterocycles. The fraction of sp³-hybridized carbons (Fsp3) is 0.615. The number of nitrogens with zero attached hydrogens (tertiary/aromatic N) is 4. The second-order valence-electron chi connectivity index (χ2n) is 9.40. The van der Waals surface area contributed by atoms with Crippen molar-refractivity contribution in [1.29, 1.82) is 0 Å². The van der Waals surface area contributed by atoms with Gasteiger partial charge in [0.1, 0.15) is 18.1 Å². The van der Waals surface area contributed by atoms with Gasteiger partial charge in [0.05, 0.1) is 6.61 Å². The zero-order valence-corrected chi connectivity index (χ0v) is 22.1. The molecule has 0 radical (unpaired) electrons. The second-order valence-corrected chi connectivity index (χ2v) is 9.40. The molecular formula is C26H38F3N6O3+. The van der Waals surface area contributed by atoms with Crippen LogP contribution in [0.2, 0.25) is 0 Å². The Morgan fingerprint density at radius 1 is 1.26 bits per heavy atom. The van der Waals surface area contributed by atoms with Crippen molar-refractivity contribution in [2.75, 3.05) is 50.0 Å². The number of rotatable bonds is 15. The Morgan fingerprint density at radius 3 is 2.82 bits per heavy atom. The van der Waals surface area contributed by atoms with Crippen molar-refractivity contribution < 1.29 is 32.6 Å². The van der Waals surface area contributed by atoms with E-state index in [1.807, 2.05) is 6.92 Å². The largest absolute Gasteiger partial charge is 0.485 e. The Balaban J connectivity index is 1.55. The number of anilines is 2. The molecule has 0 aliphatic carbocycles. The Bertz CT molecular complexity index is 1050. The number of ketones is 1. The topological polar surface area (TPSA) is 103 Å². The number of aryl methyl sites for hydroxylation is 2. The first kappa shape index (κ1) is 29.6. The van der Waals surface area contributed by atoms with E-state index in [9.17, 15) is 23.2 Å². The minimum absolute atomic E-state index is 0.0624. The third-order valence-electron chi connectivity index (χ3n) is 6.52. The number of fused-ring (bicyclic) bond motifs is 1. The number of nitrogens with one attached hydrogen (secondary N) is 2. The first-order valence-electron chi connectivity index (χ1n) is 13.2. The average molecular weight is 540 g/mol. The van der Waals surface area contributed by atoms with Crippen LogP contribution < -0.4 is 15.4 Å². The lowest BCUT2D eigenvalue weighted by molar-refractivity contribution is -0.906. The monoisotopic (exact) mass is 539 g/mol. The Kier molecular flexibility index (Phi) is 11.1. The van der Waals surface area contributed by atoms with E-state index in [0.29, 0.717) is 32.7 Å². The Hall–Kier alpha value is -2.99. The van der Waals surface area contributed by atoms with Crippen molar-refractivity contribution in [3.8, 4) is 0 Å². The number of pyridine rings is 1. The number of ether oxygens (including phenoxy) is 1. The minimum Gasteiger partial charge on any atom is -0.380 e. The number of carbonyl (C=O) groups is 1. The summed E-state index contributed by atoms with van der Waals surface area (Å²) in [6.07, 6.45) is 1.39. The van der Waals surface area contributed by atoms with Gasteiger partial charge in [-0.15, -0.1) is 4.98 Å². The zero-order chi connectivity index (χ0) is 27.5. The predicted octanol–water partition coefficient (Wildman–Crippen LogP) is 3.50. The molecule has 1 aliphatic heterocycles. The van der Waals surface area contributed by atoms with Crippen LogP contribution in [0.3, 0.4) is 0 Å². The van der Waals surface area contributed by atoms with Crippen LogP contribution in [0.25, 0.3) is 0 Å². The number of carbonyl (C=O) groups excluding carboxylic acids is 1. The van der Waals surface area contributed by atoms with Crippen molar-refractivity contribution in [3.05, 3.63) is 41.5 Å². The highest BCUT2D eigenvalue weighted by Gasteiger charge is 2.43. The van der Waals surface area contributed by atoms with E-state index < -0.39 is 18.0 Å². The van der Waals surface area contributed by atoms with Gasteiger partial charge in [-0.05, 0) is 68.9 Å². The fourth-order valence-corrected chi connectivity index (χ4v) is 4.41. The fourth-order valence-electron chi connectivity index (χ4n) is 4.41. The van der Waals surface area contributed by atoms with Crippen molar-refractivity contribution in [1.82, 2.24) is 14.9 Å². The maximum absolute atomic E-state index is 13.1. The van der Waals surface area contributed by atoms with E-state index in [4.69, 9.17) is 9.72 Å². The van der Waals surface area contributed by atoms with Crippen LogP contribution in [0.4, 0.5) is 24.8 Å². The lowest BCUT2D eigenvalue weighted by atomic mass is 10.1. The van der Waals surface area contributed by atoms with Crippen LogP contribution in [0.1, 0.15) is 56.6 Å². The van der Waals surface area contributed by atoms with Gasteiger partial charge in [-0.25, -0.2) is 4.98 Å². The third-order valence-corrected chi connectivity index (χ3v) is 6.52. The molecule has 0 spiro atoms. The van der Waals surface area contributed by atoms with Gasteiger partial charge in [0.25, 0.3) is 5.82 Å². The van der Waals surface area contributed by atoms with Crippen molar-refractivity contribution in [3.63, 3.8) is 0 Å². The van der Waals surface area contributed by atoms with Crippen molar-refractivity contribution in [2.24, 2.45) is 0 Å². The third kappa shape index (κ3) is 8.80. The number of hydrogen-bond acceptors (Lipinski definition) is 8. The SMILES string of the molecule is CCOCCN(CCCCc1ccc2c(n1)NCCC2)CC[C@H](Nc1ccnc(C(F)(F)F)[n+]1O)C(C)=O. The summed E-state index contributed by atoms with van der Waals surface area (Å²) in [5.41, 5.74) is 2.33. The molecule has 3 N–H and O–H groups in total. The molecular weight excluding hydrogens is 501 g/mol. The van der Waals surface area contributed by atoms with E-state index in [-0.39, 0.29) is 16.3 Å². The zero-order valence-electron chi connectivity index (χ0n) is 22.1. The van der Waals surface area contributed by atoms with Crippen LogP contribution in [0.15, 0.2) is 24.4 Å². The summed E-state index contributed by atoms with van der Waals surface area (Å²) in [7, 11) is 0. The van der Waals surface area contributed by atoms with Gasteiger partial charge in [0.15, 0.2) is 5.78 Å². The van der Waals surface area contributed by atoms with E-state index >= 15 is 0 Å². The van der Waals surface area contributed by atoms with Crippen LogP contribution in [0.5, 0.6) is 0 Å². The summed E-state index contributed by atoms with van der Waals surface area (Å²) in [4.78, 5) is 22.4. The van der Waals surface area contributed by atoms with Gasteiger partial charge in [-0.2, -0.15) is 13.2 Å². The maximum atomic E-state index is 13.1. The summed E-state index contributed by atoms with van der Waals surface area (Å²) >= 11 is 0. The molecule has 0 aromatic carbocycles. The van der Waals surface area contributed by atoms with Crippen LogP contribution in [0, 0.1) is 0 Å². The molecule has 0 unspecified atom stereocenters. The smallest absolute Gasteiger partial charge is 0.380 e. The van der Waals surface area contributed by atoms with Gasteiger partial charge >= 0.3 is 12.0 Å². The number of Topliss-reactive ketones (excluding diaryl/α,β-unsaturated/α-hetero) is 1. The summed E-state index contributed by atoms with van der Waals surface area (Å²) in [6.45, 7) is 7.39. The summed E-state index contributed by atoms with van der Waals surface area (Å²) in [5, 5.41) is 16.1. The number of halogens is 3. The predicted molar refractivity (Wildman–Crippen MR) is 136 cm³/mol. The highest BCUT2D eigenvalue weighted by atomic mass is 19.4. The molecule has 1 atom stereocenters. The molecule has 210 valence electrons. The summed E-state index contributed by atoms with van der Waals surface area (Å²) < 4.78 is 44.7. The molecule has 12 heteroatoms. The number of alkyl halides is 3. The van der Waals surface area contributed by atoms with Gasteiger partial charge < -0.3 is 20.2 Å². The lowest BCUT2D eigenvalue weighted by Gasteiger charge is -2.24. The quantitative estimate of drug-likeness (QED) is 0.180. The number of unbranched alkanes of at least 4 members (excludes halogenated alkanes) is 1. The highest BCUT2D eigenvalue weighted by molar-refractivity contribution is 5.83. The summed E-state index contributed by atoms with van der Waals surface area (Å²) in [5.74, 6) is -0.962. The van der Waals surface area contributed by atoms with E-state index in [1.165, 1.54) is 18.6 Å². The van der Waals surface area contributed by atoms with Gasteiger partial charge in [0, 0.05) is 44.4 Å². The molecule has 9 nitrogen and oxygen atoms in total. The van der Waals surface area contributed by atoms with Crippen LogP contribution >= 0.6 is 0 Å². The van der Waals surface area contributed by atoms with Crippen LogP contribution in [-0.2, 0) is 28.5 Å². The molecule has 0 bridgehead atoms.